The molecule has 1 rings (SSSR count). The molecule has 90 valence electrons. The lowest BCUT2D eigenvalue weighted by atomic mass is 10.3. The topological polar surface area (TPSA) is 41.5 Å². The fourth-order valence-corrected chi connectivity index (χ4v) is 1.39. The van der Waals surface area contributed by atoms with Crippen LogP contribution in [0, 0.1) is 0 Å². The normalized spacial score (nSPS) is 10.3. The van der Waals surface area contributed by atoms with Gasteiger partial charge >= 0.3 is 0 Å². The van der Waals surface area contributed by atoms with Gasteiger partial charge in [-0.15, -0.1) is 0 Å². The van der Waals surface area contributed by atoms with Crippen molar-refractivity contribution < 1.29 is 9.84 Å². The van der Waals surface area contributed by atoms with Crippen LogP contribution in [0.3, 0.4) is 0 Å². The van der Waals surface area contributed by atoms with Gasteiger partial charge < -0.3 is 15.2 Å². The number of benzene rings is 1. The minimum atomic E-state index is 0.268. The molecule has 0 heterocycles. The van der Waals surface area contributed by atoms with Crippen molar-refractivity contribution in [3.8, 4) is 5.75 Å². The summed E-state index contributed by atoms with van der Waals surface area (Å²) in [4.78, 5) is 0. The van der Waals surface area contributed by atoms with Gasteiger partial charge in [-0.05, 0) is 44.5 Å². The SMILES string of the molecule is OCCCNCCCCOc1ccccc1. The number of rotatable bonds is 9. The van der Waals surface area contributed by atoms with Gasteiger partial charge in [0.15, 0.2) is 0 Å². The van der Waals surface area contributed by atoms with Gasteiger partial charge in [0, 0.05) is 6.61 Å². The molecule has 2 N–H and O–H groups in total. The Hall–Kier alpha value is -1.06. The van der Waals surface area contributed by atoms with Gasteiger partial charge in [-0.2, -0.15) is 0 Å². The second-order valence-corrected chi connectivity index (χ2v) is 3.70. The quantitative estimate of drug-likeness (QED) is 0.627. The zero-order valence-electron chi connectivity index (χ0n) is 9.69. The lowest BCUT2D eigenvalue weighted by Gasteiger charge is -2.06. The summed E-state index contributed by atoms with van der Waals surface area (Å²) in [5.74, 6) is 0.940. The summed E-state index contributed by atoms with van der Waals surface area (Å²) in [7, 11) is 0. The van der Waals surface area contributed by atoms with Crippen LogP contribution in [-0.2, 0) is 0 Å². The van der Waals surface area contributed by atoms with E-state index in [4.69, 9.17) is 9.84 Å². The average molecular weight is 223 g/mol. The Morgan fingerprint density at radius 1 is 1.00 bits per heavy atom. The second kappa shape index (κ2) is 9.19. The maximum atomic E-state index is 8.57. The van der Waals surface area contributed by atoms with E-state index < -0.39 is 0 Å². The van der Waals surface area contributed by atoms with Crippen molar-refractivity contribution in [1.29, 1.82) is 0 Å². The van der Waals surface area contributed by atoms with Crippen LogP contribution in [0.1, 0.15) is 19.3 Å². The van der Waals surface area contributed by atoms with Crippen LogP contribution in [0.15, 0.2) is 30.3 Å². The van der Waals surface area contributed by atoms with E-state index >= 15 is 0 Å². The van der Waals surface area contributed by atoms with E-state index in [1.54, 1.807) is 0 Å². The van der Waals surface area contributed by atoms with Crippen molar-refractivity contribution in [1.82, 2.24) is 5.32 Å². The molecule has 0 saturated carbocycles. The summed E-state index contributed by atoms with van der Waals surface area (Å²) in [5.41, 5.74) is 0. The van der Waals surface area contributed by atoms with Crippen molar-refractivity contribution in [2.45, 2.75) is 19.3 Å². The van der Waals surface area contributed by atoms with Crippen LogP contribution >= 0.6 is 0 Å². The Balaban J connectivity index is 1.89. The van der Waals surface area contributed by atoms with Crippen molar-refractivity contribution in [3.05, 3.63) is 30.3 Å². The molecule has 0 unspecified atom stereocenters. The molecular formula is C13H21NO2. The first-order valence-electron chi connectivity index (χ1n) is 5.93. The minimum absolute atomic E-state index is 0.268. The monoisotopic (exact) mass is 223 g/mol. The summed E-state index contributed by atoms with van der Waals surface area (Å²) < 4.78 is 5.57. The van der Waals surface area contributed by atoms with Crippen molar-refractivity contribution in [2.24, 2.45) is 0 Å². The molecular weight excluding hydrogens is 202 g/mol. The predicted octanol–water partition coefficient (Wildman–Crippen LogP) is 1.82. The van der Waals surface area contributed by atoms with Gasteiger partial charge in [-0.25, -0.2) is 0 Å². The molecule has 3 heteroatoms. The van der Waals surface area contributed by atoms with Gasteiger partial charge in [-0.3, -0.25) is 0 Å². The number of unbranched alkanes of at least 4 members (excludes halogenated alkanes) is 1. The minimum Gasteiger partial charge on any atom is -0.494 e. The van der Waals surface area contributed by atoms with Crippen LogP contribution in [0.2, 0.25) is 0 Å². The van der Waals surface area contributed by atoms with Crippen LogP contribution in [-0.4, -0.2) is 31.4 Å². The summed E-state index contributed by atoms with van der Waals surface area (Å²) in [6, 6.07) is 9.88. The third kappa shape index (κ3) is 6.43. The standard InChI is InChI=1S/C13H21NO2/c15-11-6-10-14-9-4-5-12-16-13-7-2-1-3-8-13/h1-3,7-8,14-15H,4-6,9-12H2. The number of aliphatic hydroxyl groups excluding tert-OH is 1. The highest BCUT2D eigenvalue weighted by Gasteiger charge is 1.92. The zero-order chi connectivity index (χ0) is 11.5. The van der Waals surface area contributed by atoms with Gasteiger partial charge in [0.05, 0.1) is 6.61 Å². The Morgan fingerprint density at radius 3 is 2.50 bits per heavy atom. The molecule has 0 radical (unpaired) electrons. The first-order valence-corrected chi connectivity index (χ1v) is 5.93. The molecule has 0 aliphatic carbocycles. The fraction of sp³-hybridized carbons (Fsp3) is 0.538. The van der Waals surface area contributed by atoms with Crippen LogP contribution in [0.5, 0.6) is 5.75 Å². The van der Waals surface area contributed by atoms with E-state index in [2.05, 4.69) is 5.32 Å². The molecule has 0 amide bonds. The average Bonchev–Trinajstić information content (AvgIpc) is 2.34. The Bertz CT molecular complexity index is 251. The van der Waals surface area contributed by atoms with Crippen molar-refractivity contribution in [2.75, 3.05) is 26.3 Å². The number of hydrogen-bond acceptors (Lipinski definition) is 3. The molecule has 1 aromatic rings. The van der Waals surface area contributed by atoms with E-state index in [1.165, 1.54) is 0 Å². The van der Waals surface area contributed by atoms with Gasteiger partial charge in [0.1, 0.15) is 5.75 Å². The zero-order valence-corrected chi connectivity index (χ0v) is 9.69. The summed E-state index contributed by atoms with van der Waals surface area (Å²) in [5, 5.41) is 11.8. The molecule has 0 atom stereocenters. The van der Waals surface area contributed by atoms with E-state index in [9.17, 15) is 0 Å². The van der Waals surface area contributed by atoms with Crippen molar-refractivity contribution in [3.63, 3.8) is 0 Å². The molecule has 0 saturated heterocycles. The largest absolute Gasteiger partial charge is 0.494 e. The molecule has 3 nitrogen and oxygen atoms in total. The third-order valence-corrected chi connectivity index (χ3v) is 2.27. The third-order valence-electron chi connectivity index (χ3n) is 2.27. The highest BCUT2D eigenvalue weighted by Crippen LogP contribution is 2.08. The van der Waals surface area contributed by atoms with E-state index in [0.717, 1.165) is 44.7 Å². The van der Waals surface area contributed by atoms with Gasteiger partial charge in [-0.1, -0.05) is 18.2 Å². The van der Waals surface area contributed by atoms with Crippen LogP contribution in [0.4, 0.5) is 0 Å². The molecule has 0 aliphatic heterocycles. The molecule has 0 bridgehead atoms. The van der Waals surface area contributed by atoms with E-state index in [-0.39, 0.29) is 6.61 Å². The number of aliphatic hydroxyl groups is 1. The Morgan fingerprint density at radius 2 is 1.75 bits per heavy atom. The maximum Gasteiger partial charge on any atom is 0.119 e. The molecule has 1 aromatic carbocycles. The second-order valence-electron chi connectivity index (χ2n) is 3.70. The molecule has 0 fully saturated rings. The van der Waals surface area contributed by atoms with Crippen LogP contribution in [0.25, 0.3) is 0 Å². The Kier molecular flexibility index (Phi) is 7.47. The number of para-hydroxylation sites is 1. The van der Waals surface area contributed by atoms with Gasteiger partial charge in [0.25, 0.3) is 0 Å². The summed E-state index contributed by atoms with van der Waals surface area (Å²) in [6.45, 7) is 2.93. The van der Waals surface area contributed by atoms with E-state index in [0.29, 0.717) is 0 Å². The predicted molar refractivity (Wildman–Crippen MR) is 65.7 cm³/mol. The number of hydrogen-bond donors (Lipinski definition) is 2. The molecule has 0 aliphatic rings. The first kappa shape index (κ1) is 13.0. The van der Waals surface area contributed by atoms with Crippen LogP contribution < -0.4 is 10.1 Å². The summed E-state index contributed by atoms with van der Waals surface area (Å²) in [6.07, 6.45) is 3.00. The highest BCUT2D eigenvalue weighted by atomic mass is 16.5. The van der Waals surface area contributed by atoms with Gasteiger partial charge in [0.2, 0.25) is 0 Å². The Labute approximate surface area is 97.4 Å². The molecule has 0 spiro atoms. The first-order chi connectivity index (χ1) is 7.93. The molecule has 16 heavy (non-hydrogen) atoms. The summed E-state index contributed by atoms with van der Waals surface area (Å²) >= 11 is 0. The fourth-order valence-electron chi connectivity index (χ4n) is 1.39. The lowest BCUT2D eigenvalue weighted by Crippen LogP contribution is -2.18. The highest BCUT2D eigenvalue weighted by molar-refractivity contribution is 5.20. The number of nitrogens with one attached hydrogen (secondary N) is 1. The van der Waals surface area contributed by atoms with Crippen molar-refractivity contribution >= 4 is 0 Å². The lowest BCUT2D eigenvalue weighted by molar-refractivity contribution is 0.284. The maximum absolute atomic E-state index is 8.57. The number of ether oxygens (including phenoxy) is 1. The van der Waals surface area contributed by atoms with E-state index in [1.807, 2.05) is 30.3 Å². The molecule has 0 aromatic heterocycles. The smallest absolute Gasteiger partial charge is 0.119 e.